The lowest BCUT2D eigenvalue weighted by Crippen LogP contribution is -2.28. The molecule has 0 aliphatic heterocycles. The summed E-state index contributed by atoms with van der Waals surface area (Å²) in [5, 5.41) is 5.36. The van der Waals surface area contributed by atoms with Gasteiger partial charge in [0.2, 0.25) is 0 Å². The molecule has 0 bridgehead atoms. The van der Waals surface area contributed by atoms with E-state index in [1.165, 1.54) is 0 Å². The minimum absolute atomic E-state index is 0.299. The highest BCUT2D eigenvalue weighted by atomic mass is 16.3. The summed E-state index contributed by atoms with van der Waals surface area (Å²) in [6.45, 7) is 4.29. The average Bonchev–Trinajstić information content (AvgIpc) is 3.06. The number of amides is 2. The van der Waals surface area contributed by atoms with Crippen molar-refractivity contribution in [1.29, 1.82) is 0 Å². The molecule has 21 heavy (non-hydrogen) atoms. The molecule has 3 rings (SSSR count). The molecule has 0 saturated heterocycles. The molecular weight excluding hydrogens is 270 g/mol. The maximum absolute atomic E-state index is 11.6. The number of furan rings is 1. The zero-order valence-corrected chi connectivity index (χ0v) is 11.8. The van der Waals surface area contributed by atoms with Crippen molar-refractivity contribution < 1.29 is 9.21 Å². The lowest BCUT2D eigenvalue weighted by Gasteiger charge is -2.07. The van der Waals surface area contributed by atoms with Crippen LogP contribution in [0.2, 0.25) is 0 Å². The Hall–Kier alpha value is -2.83. The first kappa shape index (κ1) is 13.2. The van der Waals surface area contributed by atoms with Crippen molar-refractivity contribution in [3.05, 3.63) is 36.5 Å². The summed E-state index contributed by atoms with van der Waals surface area (Å²) in [4.78, 5) is 20.5. The first-order chi connectivity index (χ1) is 10.2. The van der Waals surface area contributed by atoms with Gasteiger partial charge in [-0.3, -0.25) is 5.32 Å². The first-order valence-corrected chi connectivity index (χ1v) is 6.62. The summed E-state index contributed by atoms with van der Waals surface area (Å²) >= 11 is 0. The Morgan fingerprint density at radius 2 is 2.24 bits per heavy atom. The maximum atomic E-state index is 11.6. The molecule has 0 fully saturated rings. The van der Waals surface area contributed by atoms with Gasteiger partial charge in [-0.05, 0) is 26.0 Å². The zero-order valence-electron chi connectivity index (χ0n) is 11.8. The van der Waals surface area contributed by atoms with Crippen molar-refractivity contribution in [1.82, 2.24) is 19.7 Å². The van der Waals surface area contributed by atoms with Crippen LogP contribution in [0.3, 0.4) is 0 Å². The molecule has 0 spiro atoms. The first-order valence-electron chi connectivity index (χ1n) is 6.62. The second-order valence-corrected chi connectivity index (χ2v) is 4.55. The number of nitrogens with zero attached hydrogens (tertiary/aromatic N) is 3. The van der Waals surface area contributed by atoms with Crippen LogP contribution in [0.15, 0.2) is 35.2 Å². The number of rotatable bonds is 3. The number of urea groups is 1. The van der Waals surface area contributed by atoms with Crippen molar-refractivity contribution in [2.24, 2.45) is 0 Å². The van der Waals surface area contributed by atoms with E-state index in [1.54, 1.807) is 18.5 Å². The molecule has 108 valence electrons. The van der Waals surface area contributed by atoms with E-state index in [9.17, 15) is 4.79 Å². The number of carbonyl (C=O) groups is 1. The molecule has 0 atom stereocenters. The fraction of sp³-hybridized carbons (Fsp3) is 0.214. The third kappa shape index (κ3) is 2.58. The quantitative estimate of drug-likeness (QED) is 0.774. The van der Waals surface area contributed by atoms with Gasteiger partial charge in [0.1, 0.15) is 0 Å². The predicted octanol–water partition coefficient (Wildman–Crippen LogP) is 2.44. The average molecular weight is 285 g/mol. The lowest BCUT2D eigenvalue weighted by atomic mass is 10.3. The van der Waals surface area contributed by atoms with Crippen LogP contribution in [0.25, 0.3) is 17.1 Å². The van der Waals surface area contributed by atoms with Gasteiger partial charge in [-0.15, -0.1) is 0 Å². The summed E-state index contributed by atoms with van der Waals surface area (Å²) in [6, 6.07) is 3.29. The number of aryl methyl sites for hydroxylation is 1. The second kappa shape index (κ2) is 5.28. The normalized spacial score (nSPS) is 10.8. The minimum atomic E-state index is -0.299. The standard InChI is InChI=1S/C14H15N5O2/c1-3-15-14(20)18-11-8-19-7-9(2)16-13(19)12(17-11)10-5-4-6-21-10/h4-8H,3H2,1-2H3,(H2,15,18,20). The van der Waals surface area contributed by atoms with Crippen LogP contribution < -0.4 is 10.6 Å². The van der Waals surface area contributed by atoms with Crippen molar-refractivity contribution in [2.45, 2.75) is 13.8 Å². The van der Waals surface area contributed by atoms with Gasteiger partial charge < -0.3 is 14.1 Å². The Bertz CT molecular complexity index is 776. The van der Waals surface area contributed by atoms with E-state index in [-0.39, 0.29) is 6.03 Å². The number of imidazole rings is 1. The maximum Gasteiger partial charge on any atom is 0.320 e. The molecule has 0 radical (unpaired) electrons. The van der Waals surface area contributed by atoms with Crippen LogP contribution in [0.4, 0.5) is 10.6 Å². The molecular formula is C14H15N5O2. The summed E-state index contributed by atoms with van der Waals surface area (Å²) < 4.78 is 7.22. The van der Waals surface area contributed by atoms with E-state index in [0.717, 1.165) is 5.69 Å². The van der Waals surface area contributed by atoms with Gasteiger partial charge in [-0.1, -0.05) is 0 Å². The third-order valence-electron chi connectivity index (χ3n) is 2.89. The van der Waals surface area contributed by atoms with E-state index in [1.807, 2.05) is 30.5 Å². The largest absolute Gasteiger partial charge is 0.463 e. The number of carbonyl (C=O) groups excluding carboxylic acids is 1. The van der Waals surface area contributed by atoms with Crippen LogP contribution in [0.1, 0.15) is 12.6 Å². The Morgan fingerprint density at radius 1 is 1.38 bits per heavy atom. The van der Waals surface area contributed by atoms with E-state index >= 15 is 0 Å². The van der Waals surface area contributed by atoms with Crippen molar-refractivity contribution in [2.75, 3.05) is 11.9 Å². The second-order valence-electron chi connectivity index (χ2n) is 4.55. The highest BCUT2D eigenvalue weighted by molar-refractivity contribution is 5.88. The Morgan fingerprint density at radius 3 is 2.95 bits per heavy atom. The van der Waals surface area contributed by atoms with Gasteiger partial charge in [-0.2, -0.15) is 0 Å². The summed E-state index contributed by atoms with van der Waals surface area (Å²) in [7, 11) is 0. The van der Waals surface area contributed by atoms with Crippen LogP contribution >= 0.6 is 0 Å². The highest BCUT2D eigenvalue weighted by Crippen LogP contribution is 2.24. The number of hydrogen-bond donors (Lipinski definition) is 2. The fourth-order valence-electron chi connectivity index (χ4n) is 2.08. The van der Waals surface area contributed by atoms with Crippen LogP contribution in [-0.2, 0) is 0 Å². The predicted molar refractivity (Wildman–Crippen MR) is 78.1 cm³/mol. The van der Waals surface area contributed by atoms with Gasteiger partial charge in [0.05, 0.1) is 18.2 Å². The van der Waals surface area contributed by atoms with E-state index in [2.05, 4.69) is 20.6 Å². The van der Waals surface area contributed by atoms with Crippen LogP contribution in [0, 0.1) is 6.92 Å². The Labute approximate surface area is 121 Å². The number of anilines is 1. The van der Waals surface area contributed by atoms with Gasteiger partial charge in [0.15, 0.2) is 22.9 Å². The molecule has 0 saturated carbocycles. The van der Waals surface area contributed by atoms with Crippen LogP contribution in [0.5, 0.6) is 0 Å². The summed E-state index contributed by atoms with van der Waals surface area (Å²) in [6.07, 6.45) is 5.16. The number of hydrogen-bond acceptors (Lipinski definition) is 4. The van der Waals surface area contributed by atoms with Gasteiger partial charge in [0, 0.05) is 12.7 Å². The Balaban J connectivity index is 2.09. The molecule has 2 N–H and O–H groups in total. The number of fused-ring (bicyclic) bond motifs is 1. The molecule has 3 aromatic heterocycles. The van der Waals surface area contributed by atoms with Crippen molar-refractivity contribution in [3.63, 3.8) is 0 Å². The van der Waals surface area contributed by atoms with E-state index in [0.29, 0.717) is 29.5 Å². The molecule has 0 aliphatic rings. The summed E-state index contributed by atoms with van der Waals surface area (Å²) in [5.74, 6) is 1.03. The molecule has 7 heteroatoms. The minimum Gasteiger partial charge on any atom is -0.463 e. The van der Waals surface area contributed by atoms with E-state index in [4.69, 9.17) is 4.42 Å². The van der Waals surface area contributed by atoms with Gasteiger partial charge in [0.25, 0.3) is 0 Å². The highest BCUT2D eigenvalue weighted by Gasteiger charge is 2.14. The molecule has 3 heterocycles. The fourth-order valence-corrected chi connectivity index (χ4v) is 2.08. The Kier molecular flexibility index (Phi) is 3.31. The van der Waals surface area contributed by atoms with Crippen LogP contribution in [-0.4, -0.2) is 26.9 Å². The lowest BCUT2D eigenvalue weighted by molar-refractivity contribution is 0.252. The zero-order chi connectivity index (χ0) is 14.8. The molecule has 3 aromatic rings. The molecule has 7 nitrogen and oxygen atoms in total. The topological polar surface area (TPSA) is 84.5 Å². The smallest absolute Gasteiger partial charge is 0.320 e. The SMILES string of the molecule is CCNC(=O)Nc1cn2cc(C)nc2c(-c2ccco2)n1. The monoisotopic (exact) mass is 285 g/mol. The molecule has 0 aromatic carbocycles. The number of aromatic nitrogens is 3. The van der Waals surface area contributed by atoms with Crippen molar-refractivity contribution >= 4 is 17.5 Å². The number of nitrogens with one attached hydrogen (secondary N) is 2. The molecule has 0 unspecified atom stereocenters. The third-order valence-corrected chi connectivity index (χ3v) is 2.89. The van der Waals surface area contributed by atoms with Crippen molar-refractivity contribution in [3.8, 4) is 11.5 Å². The van der Waals surface area contributed by atoms with Gasteiger partial charge in [-0.25, -0.2) is 14.8 Å². The molecule has 2 amide bonds. The molecule has 0 aliphatic carbocycles. The van der Waals surface area contributed by atoms with Gasteiger partial charge >= 0.3 is 6.03 Å². The summed E-state index contributed by atoms with van der Waals surface area (Å²) in [5.41, 5.74) is 2.13. The van der Waals surface area contributed by atoms with E-state index < -0.39 is 0 Å².